The third-order valence-corrected chi connectivity index (χ3v) is 5.03. The lowest BCUT2D eigenvalue weighted by atomic mass is 9.95. The molecule has 2 fully saturated rings. The first-order valence-electron chi connectivity index (χ1n) is 10.2. The van der Waals surface area contributed by atoms with Crippen LogP contribution >= 0.6 is 0 Å². The number of rotatable bonds is 8. The van der Waals surface area contributed by atoms with Gasteiger partial charge in [0, 0.05) is 19.0 Å². The van der Waals surface area contributed by atoms with E-state index in [9.17, 15) is 14.4 Å². The van der Waals surface area contributed by atoms with E-state index < -0.39 is 5.97 Å². The summed E-state index contributed by atoms with van der Waals surface area (Å²) in [5, 5.41) is 8.21. The van der Waals surface area contributed by atoms with Crippen molar-refractivity contribution in [1.29, 1.82) is 0 Å². The van der Waals surface area contributed by atoms with E-state index in [1.165, 1.54) is 25.7 Å². The summed E-state index contributed by atoms with van der Waals surface area (Å²) in [6, 6.07) is 0.787. The van der Waals surface area contributed by atoms with Crippen molar-refractivity contribution in [2.45, 2.75) is 82.7 Å². The van der Waals surface area contributed by atoms with E-state index >= 15 is 0 Å². The number of hydrogen-bond acceptors (Lipinski definition) is 5. The Labute approximate surface area is 160 Å². The van der Waals surface area contributed by atoms with Gasteiger partial charge in [-0.05, 0) is 25.7 Å². The van der Waals surface area contributed by atoms with Crippen LogP contribution in [0.4, 0.5) is 0 Å². The Kier molecular flexibility index (Phi) is 9.65. The number of nitrogens with one attached hydrogen (secondary N) is 3. The maximum absolute atomic E-state index is 12.1. The summed E-state index contributed by atoms with van der Waals surface area (Å²) in [6.07, 6.45) is 12.0. The fourth-order valence-electron chi connectivity index (χ4n) is 3.54. The molecule has 0 aromatic carbocycles. The van der Waals surface area contributed by atoms with Crippen molar-refractivity contribution in [3.8, 4) is 0 Å². The van der Waals surface area contributed by atoms with Crippen molar-refractivity contribution in [2.24, 2.45) is 4.99 Å². The Bertz CT molecular complexity index is 512. The molecule has 0 heterocycles. The normalized spacial score (nSPS) is 19.2. The van der Waals surface area contributed by atoms with Gasteiger partial charge in [0.1, 0.15) is 6.54 Å². The van der Waals surface area contributed by atoms with E-state index in [-0.39, 0.29) is 37.5 Å². The molecule has 0 radical (unpaired) electrons. The SMILES string of the molecule is O=CNCCC(=O)NCC(=O)OC(=NC1CCCCC1)NC1CCCCC1. The highest BCUT2D eigenvalue weighted by Gasteiger charge is 2.20. The molecule has 27 heavy (non-hydrogen) atoms. The van der Waals surface area contributed by atoms with Crippen LogP contribution in [-0.2, 0) is 19.1 Å². The first kappa shape index (κ1) is 21.2. The molecule has 2 rings (SSSR count). The molecule has 8 nitrogen and oxygen atoms in total. The zero-order valence-corrected chi connectivity index (χ0v) is 16.0. The minimum Gasteiger partial charge on any atom is -0.391 e. The van der Waals surface area contributed by atoms with E-state index in [1.807, 2.05) is 0 Å². The lowest BCUT2D eigenvalue weighted by Gasteiger charge is -2.25. The number of carbonyl (C=O) groups excluding carboxylic acids is 3. The van der Waals surface area contributed by atoms with Gasteiger partial charge in [-0.2, -0.15) is 0 Å². The molecule has 0 spiro atoms. The molecule has 2 amide bonds. The minimum atomic E-state index is -0.537. The minimum absolute atomic E-state index is 0.120. The second-order valence-electron chi connectivity index (χ2n) is 7.28. The predicted molar refractivity (Wildman–Crippen MR) is 102 cm³/mol. The zero-order chi connectivity index (χ0) is 19.3. The third kappa shape index (κ3) is 8.88. The van der Waals surface area contributed by atoms with Crippen molar-refractivity contribution in [1.82, 2.24) is 16.0 Å². The number of amidine groups is 1. The van der Waals surface area contributed by atoms with Crippen LogP contribution in [0.15, 0.2) is 4.99 Å². The van der Waals surface area contributed by atoms with Crippen LogP contribution in [0.1, 0.15) is 70.6 Å². The molecule has 8 heteroatoms. The van der Waals surface area contributed by atoms with Gasteiger partial charge in [-0.15, -0.1) is 0 Å². The van der Waals surface area contributed by atoms with Gasteiger partial charge in [-0.3, -0.25) is 9.59 Å². The average Bonchev–Trinajstić information content (AvgIpc) is 2.68. The number of carbonyl (C=O) groups is 3. The van der Waals surface area contributed by atoms with E-state index in [1.54, 1.807) is 0 Å². The first-order chi connectivity index (χ1) is 13.2. The van der Waals surface area contributed by atoms with E-state index in [4.69, 9.17) is 4.74 Å². The van der Waals surface area contributed by atoms with Crippen LogP contribution in [0.2, 0.25) is 0 Å². The summed E-state index contributed by atoms with van der Waals surface area (Å²) >= 11 is 0. The summed E-state index contributed by atoms with van der Waals surface area (Å²) in [6.45, 7) is 0.0258. The predicted octanol–water partition coefficient (Wildman–Crippen LogP) is 1.39. The highest BCUT2D eigenvalue weighted by molar-refractivity contribution is 5.90. The van der Waals surface area contributed by atoms with Crippen molar-refractivity contribution in [3.05, 3.63) is 0 Å². The molecule has 0 unspecified atom stereocenters. The van der Waals surface area contributed by atoms with Crippen LogP contribution in [-0.4, -0.2) is 49.5 Å². The molecular weight excluding hydrogens is 348 g/mol. The standard InChI is InChI=1S/C19H32N4O4/c24-14-20-12-11-17(25)21-13-18(26)27-19(22-15-7-3-1-4-8-15)23-16-9-5-2-6-10-16/h14-16H,1-13H2,(H,20,24)(H,21,25)(H,22,23). The van der Waals surface area contributed by atoms with E-state index in [0.717, 1.165) is 38.5 Å². The molecule has 152 valence electrons. The lowest BCUT2D eigenvalue weighted by Crippen LogP contribution is -2.41. The van der Waals surface area contributed by atoms with Crippen molar-refractivity contribution >= 4 is 24.3 Å². The molecule has 2 aliphatic rings. The molecule has 0 aliphatic heterocycles. The number of aliphatic imine (C=N–C) groups is 1. The third-order valence-electron chi connectivity index (χ3n) is 5.03. The molecule has 2 aliphatic carbocycles. The number of amides is 2. The van der Waals surface area contributed by atoms with Gasteiger partial charge in [0.15, 0.2) is 0 Å². The smallest absolute Gasteiger partial charge is 0.333 e. The molecule has 0 saturated heterocycles. The topological polar surface area (TPSA) is 109 Å². The molecule has 0 aromatic rings. The summed E-state index contributed by atoms with van der Waals surface area (Å²) in [7, 11) is 0. The number of hydrogen-bond donors (Lipinski definition) is 3. The Morgan fingerprint density at radius 3 is 2.33 bits per heavy atom. The Hall–Kier alpha value is -2.12. The largest absolute Gasteiger partial charge is 0.391 e. The summed E-state index contributed by atoms with van der Waals surface area (Å²) < 4.78 is 5.45. The maximum Gasteiger partial charge on any atom is 0.333 e. The Morgan fingerprint density at radius 2 is 1.67 bits per heavy atom. The van der Waals surface area contributed by atoms with Crippen LogP contribution in [0.5, 0.6) is 0 Å². The number of nitrogens with zero attached hydrogens (tertiary/aromatic N) is 1. The van der Waals surface area contributed by atoms with Gasteiger partial charge >= 0.3 is 5.97 Å². The van der Waals surface area contributed by atoms with Crippen molar-refractivity contribution in [3.63, 3.8) is 0 Å². The zero-order valence-electron chi connectivity index (χ0n) is 16.0. The van der Waals surface area contributed by atoms with Gasteiger partial charge in [0.05, 0.1) is 6.04 Å². The van der Waals surface area contributed by atoms with Crippen LogP contribution in [0.25, 0.3) is 0 Å². The van der Waals surface area contributed by atoms with Gasteiger partial charge in [0.25, 0.3) is 6.02 Å². The summed E-state index contributed by atoms with van der Waals surface area (Å²) in [5.41, 5.74) is 0. The second kappa shape index (κ2) is 12.3. The maximum atomic E-state index is 12.1. The monoisotopic (exact) mass is 380 g/mol. The highest BCUT2D eigenvalue weighted by atomic mass is 16.6. The van der Waals surface area contributed by atoms with Crippen molar-refractivity contribution in [2.75, 3.05) is 13.1 Å². The van der Waals surface area contributed by atoms with E-state index in [0.29, 0.717) is 12.4 Å². The van der Waals surface area contributed by atoms with Crippen molar-refractivity contribution < 1.29 is 19.1 Å². The first-order valence-corrected chi connectivity index (χ1v) is 10.2. The van der Waals surface area contributed by atoms with Gasteiger partial charge < -0.3 is 20.7 Å². The molecule has 3 N–H and O–H groups in total. The quantitative estimate of drug-likeness (QED) is 0.194. The summed E-state index contributed by atoms with van der Waals surface area (Å²) in [5.74, 6) is -0.850. The van der Waals surface area contributed by atoms with Gasteiger partial charge in [0.2, 0.25) is 12.3 Å². The molecule has 0 atom stereocenters. The highest BCUT2D eigenvalue weighted by Crippen LogP contribution is 2.21. The number of ether oxygens (including phenoxy) is 1. The average molecular weight is 380 g/mol. The second-order valence-corrected chi connectivity index (χ2v) is 7.28. The van der Waals surface area contributed by atoms with Crippen LogP contribution in [0.3, 0.4) is 0 Å². The Balaban J connectivity index is 1.83. The molecular formula is C19H32N4O4. The van der Waals surface area contributed by atoms with Gasteiger partial charge in [-0.1, -0.05) is 38.5 Å². The fraction of sp³-hybridized carbons (Fsp3) is 0.789. The Morgan fingerprint density at radius 1 is 1.00 bits per heavy atom. The lowest BCUT2D eigenvalue weighted by molar-refractivity contribution is -0.137. The number of esters is 1. The van der Waals surface area contributed by atoms with Crippen LogP contribution in [0, 0.1) is 0 Å². The molecule has 2 saturated carbocycles. The summed E-state index contributed by atoms with van der Waals surface area (Å²) in [4.78, 5) is 38.6. The fourth-order valence-corrected chi connectivity index (χ4v) is 3.54. The molecule has 0 bridgehead atoms. The molecule has 0 aromatic heterocycles. The van der Waals surface area contributed by atoms with Crippen LogP contribution < -0.4 is 16.0 Å². The van der Waals surface area contributed by atoms with E-state index in [2.05, 4.69) is 20.9 Å². The van der Waals surface area contributed by atoms with Gasteiger partial charge in [-0.25, -0.2) is 9.79 Å².